The number of aliphatic hydroxyl groups excluding tert-OH is 1. The Morgan fingerprint density at radius 3 is 2.87 bits per heavy atom. The molecule has 1 rings (SSSR count). The van der Waals surface area contributed by atoms with Crippen LogP contribution in [0.25, 0.3) is 0 Å². The topological polar surface area (TPSA) is 70.6 Å². The molecular formula is C10H20N2O3. The molecule has 1 heterocycles. The van der Waals surface area contributed by atoms with Crippen molar-refractivity contribution < 1.29 is 14.6 Å². The molecule has 3 N–H and O–H groups in total. The Bertz CT molecular complexity index is 203. The number of hydrogen-bond donors (Lipinski definition) is 3. The molecule has 0 bridgehead atoms. The van der Waals surface area contributed by atoms with E-state index in [-0.39, 0.29) is 24.5 Å². The Hall–Kier alpha value is -0.810. The van der Waals surface area contributed by atoms with Crippen LogP contribution in [0.15, 0.2) is 0 Å². The molecule has 2 atom stereocenters. The van der Waals surface area contributed by atoms with Crippen molar-refractivity contribution in [2.75, 3.05) is 19.8 Å². The van der Waals surface area contributed by atoms with Crippen LogP contribution in [0.4, 0.5) is 4.79 Å². The van der Waals surface area contributed by atoms with Gasteiger partial charge in [-0.15, -0.1) is 0 Å². The lowest BCUT2D eigenvalue weighted by Crippen LogP contribution is -2.45. The summed E-state index contributed by atoms with van der Waals surface area (Å²) >= 11 is 0. The van der Waals surface area contributed by atoms with Crippen LogP contribution >= 0.6 is 0 Å². The quantitative estimate of drug-likeness (QED) is 0.624. The van der Waals surface area contributed by atoms with Gasteiger partial charge in [-0.1, -0.05) is 13.8 Å². The van der Waals surface area contributed by atoms with Gasteiger partial charge in [0.25, 0.3) is 0 Å². The highest BCUT2D eigenvalue weighted by Crippen LogP contribution is 2.03. The van der Waals surface area contributed by atoms with Crippen LogP contribution in [0.2, 0.25) is 0 Å². The number of rotatable bonds is 4. The number of hydrogen-bond acceptors (Lipinski definition) is 3. The van der Waals surface area contributed by atoms with E-state index >= 15 is 0 Å². The molecule has 5 nitrogen and oxygen atoms in total. The fourth-order valence-corrected chi connectivity index (χ4v) is 1.32. The molecule has 0 saturated carbocycles. The number of aliphatic hydroxyl groups is 1. The van der Waals surface area contributed by atoms with Crippen LogP contribution in [0.1, 0.15) is 20.3 Å². The second-order valence-corrected chi connectivity index (χ2v) is 4.23. The third-order valence-corrected chi connectivity index (χ3v) is 2.51. The molecule has 5 heteroatoms. The molecule has 0 aromatic heterocycles. The van der Waals surface area contributed by atoms with Gasteiger partial charge in [0.15, 0.2) is 0 Å². The molecule has 0 radical (unpaired) electrons. The van der Waals surface area contributed by atoms with Crippen molar-refractivity contribution >= 4 is 6.03 Å². The summed E-state index contributed by atoms with van der Waals surface area (Å²) in [5.74, 6) is 0.153. The molecule has 0 aromatic carbocycles. The predicted molar refractivity (Wildman–Crippen MR) is 56.6 cm³/mol. The van der Waals surface area contributed by atoms with E-state index in [9.17, 15) is 9.90 Å². The minimum Gasteiger partial charge on any atom is -0.391 e. The van der Waals surface area contributed by atoms with Crippen LogP contribution in [0, 0.1) is 5.92 Å². The highest BCUT2D eigenvalue weighted by Gasteiger charge is 2.18. The van der Waals surface area contributed by atoms with E-state index in [2.05, 4.69) is 10.6 Å². The van der Waals surface area contributed by atoms with Gasteiger partial charge in [-0.3, -0.25) is 0 Å². The summed E-state index contributed by atoms with van der Waals surface area (Å²) in [6, 6.07) is -0.119. The highest BCUT2D eigenvalue weighted by molar-refractivity contribution is 5.74. The van der Waals surface area contributed by atoms with Gasteiger partial charge in [0.1, 0.15) is 0 Å². The van der Waals surface area contributed by atoms with Crippen LogP contribution < -0.4 is 10.6 Å². The standard InChI is InChI=1S/C10H20N2O3/c1-7(2)9(13)5-11-10(14)12-8-3-4-15-6-8/h7-9,13H,3-6H2,1-2H3,(H2,11,12,14). The lowest BCUT2D eigenvalue weighted by atomic mass is 10.1. The molecule has 0 aliphatic carbocycles. The van der Waals surface area contributed by atoms with E-state index in [1.165, 1.54) is 0 Å². The van der Waals surface area contributed by atoms with Gasteiger partial charge < -0.3 is 20.5 Å². The summed E-state index contributed by atoms with van der Waals surface area (Å²) < 4.78 is 5.13. The molecule has 2 unspecified atom stereocenters. The first kappa shape index (κ1) is 12.3. The molecule has 88 valence electrons. The summed E-state index contributed by atoms with van der Waals surface area (Å²) in [7, 11) is 0. The molecule has 2 amide bonds. The Morgan fingerprint density at radius 1 is 1.60 bits per heavy atom. The third kappa shape index (κ3) is 4.48. The molecular weight excluding hydrogens is 196 g/mol. The first-order valence-electron chi connectivity index (χ1n) is 5.39. The van der Waals surface area contributed by atoms with Crippen molar-refractivity contribution in [2.45, 2.75) is 32.4 Å². The minimum atomic E-state index is -0.490. The Labute approximate surface area is 90.2 Å². The van der Waals surface area contributed by atoms with Crippen molar-refractivity contribution in [3.05, 3.63) is 0 Å². The SMILES string of the molecule is CC(C)C(O)CNC(=O)NC1CCOC1. The Balaban J connectivity index is 2.12. The van der Waals surface area contributed by atoms with Gasteiger partial charge in [-0.25, -0.2) is 4.79 Å². The van der Waals surface area contributed by atoms with Crippen LogP contribution in [-0.4, -0.2) is 43.0 Å². The average Bonchev–Trinajstić information content (AvgIpc) is 2.66. The summed E-state index contributed by atoms with van der Waals surface area (Å²) in [4.78, 5) is 11.3. The van der Waals surface area contributed by atoms with Crippen molar-refractivity contribution in [2.24, 2.45) is 5.92 Å². The fraction of sp³-hybridized carbons (Fsp3) is 0.900. The lowest BCUT2D eigenvalue weighted by Gasteiger charge is -2.16. The Kier molecular flexibility index (Phi) is 4.84. The Morgan fingerprint density at radius 2 is 2.33 bits per heavy atom. The first-order valence-corrected chi connectivity index (χ1v) is 5.39. The van der Waals surface area contributed by atoms with Gasteiger partial charge in [-0.05, 0) is 12.3 Å². The van der Waals surface area contributed by atoms with Crippen molar-refractivity contribution in [3.63, 3.8) is 0 Å². The number of urea groups is 1. The second-order valence-electron chi connectivity index (χ2n) is 4.23. The fourth-order valence-electron chi connectivity index (χ4n) is 1.32. The zero-order chi connectivity index (χ0) is 11.3. The summed E-state index contributed by atoms with van der Waals surface area (Å²) in [5, 5.41) is 14.9. The molecule has 1 fully saturated rings. The zero-order valence-corrected chi connectivity index (χ0v) is 9.32. The van der Waals surface area contributed by atoms with Crippen LogP contribution in [0.3, 0.4) is 0 Å². The molecule has 1 aliphatic rings. The van der Waals surface area contributed by atoms with Crippen molar-refractivity contribution in [1.29, 1.82) is 0 Å². The smallest absolute Gasteiger partial charge is 0.315 e. The maximum absolute atomic E-state index is 11.3. The second kappa shape index (κ2) is 5.92. The maximum Gasteiger partial charge on any atom is 0.315 e. The minimum absolute atomic E-state index is 0.112. The number of carbonyl (C=O) groups excluding carboxylic acids is 1. The van der Waals surface area contributed by atoms with E-state index in [0.717, 1.165) is 6.42 Å². The van der Waals surface area contributed by atoms with Crippen molar-refractivity contribution in [1.82, 2.24) is 10.6 Å². The first-order chi connectivity index (χ1) is 7.09. The van der Waals surface area contributed by atoms with Gasteiger partial charge in [0.05, 0.1) is 18.8 Å². The number of nitrogens with one attached hydrogen (secondary N) is 2. The molecule has 15 heavy (non-hydrogen) atoms. The van der Waals surface area contributed by atoms with E-state index in [4.69, 9.17) is 4.74 Å². The number of carbonyl (C=O) groups is 1. The third-order valence-electron chi connectivity index (χ3n) is 2.51. The largest absolute Gasteiger partial charge is 0.391 e. The summed E-state index contributed by atoms with van der Waals surface area (Å²) in [6.07, 6.45) is 0.371. The van der Waals surface area contributed by atoms with Crippen LogP contribution in [0.5, 0.6) is 0 Å². The number of amides is 2. The average molecular weight is 216 g/mol. The predicted octanol–water partition coefficient (Wildman–Crippen LogP) is 0.0914. The van der Waals surface area contributed by atoms with Crippen molar-refractivity contribution in [3.8, 4) is 0 Å². The van der Waals surface area contributed by atoms with Gasteiger partial charge in [0, 0.05) is 13.2 Å². The molecule has 0 aromatic rings. The zero-order valence-electron chi connectivity index (χ0n) is 9.32. The monoisotopic (exact) mass is 216 g/mol. The highest BCUT2D eigenvalue weighted by atomic mass is 16.5. The maximum atomic E-state index is 11.3. The number of ether oxygens (including phenoxy) is 1. The van der Waals surface area contributed by atoms with Gasteiger partial charge >= 0.3 is 6.03 Å². The molecule has 0 spiro atoms. The normalized spacial score (nSPS) is 22.8. The van der Waals surface area contributed by atoms with Crippen LogP contribution in [-0.2, 0) is 4.74 Å². The van der Waals surface area contributed by atoms with E-state index < -0.39 is 6.10 Å². The summed E-state index contributed by atoms with van der Waals surface area (Å²) in [5.41, 5.74) is 0. The van der Waals surface area contributed by atoms with Gasteiger partial charge in [0.2, 0.25) is 0 Å². The van der Waals surface area contributed by atoms with E-state index in [1.807, 2.05) is 13.8 Å². The van der Waals surface area contributed by atoms with E-state index in [0.29, 0.717) is 13.2 Å². The van der Waals surface area contributed by atoms with Gasteiger partial charge in [-0.2, -0.15) is 0 Å². The van der Waals surface area contributed by atoms with E-state index in [1.54, 1.807) is 0 Å². The lowest BCUT2D eigenvalue weighted by molar-refractivity contribution is 0.124. The molecule has 1 saturated heterocycles. The summed E-state index contributed by atoms with van der Waals surface area (Å²) in [6.45, 7) is 5.40. The molecule has 1 aliphatic heterocycles.